The lowest BCUT2D eigenvalue weighted by molar-refractivity contribution is -0.154. The van der Waals surface area contributed by atoms with Crippen LogP contribution in [-0.4, -0.2) is 48.6 Å². The minimum Gasteiger partial charge on any atom is -0.481 e. The molecule has 1 N–H and O–H groups in total. The molecule has 0 aromatic carbocycles. The molecule has 6 heteroatoms. The Hall–Kier alpha value is -1.59. The standard InChI is InChI=1S/C12H19NO5/c1-13(7-10(14)18-2)11(15)8-5-3-4-6-9(8)12(16)17/h8-9H,3-7H2,1-2H3,(H,16,17). The van der Waals surface area contributed by atoms with Gasteiger partial charge in [-0.05, 0) is 12.8 Å². The maximum absolute atomic E-state index is 12.1. The predicted molar refractivity (Wildman–Crippen MR) is 62.7 cm³/mol. The molecule has 1 amide bonds. The average molecular weight is 257 g/mol. The van der Waals surface area contributed by atoms with Crippen LogP contribution >= 0.6 is 0 Å². The van der Waals surface area contributed by atoms with Crippen molar-refractivity contribution in [3.05, 3.63) is 0 Å². The van der Waals surface area contributed by atoms with E-state index in [4.69, 9.17) is 5.11 Å². The maximum Gasteiger partial charge on any atom is 0.325 e. The van der Waals surface area contributed by atoms with E-state index in [0.717, 1.165) is 12.8 Å². The highest BCUT2D eigenvalue weighted by molar-refractivity contribution is 5.87. The molecule has 6 nitrogen and oxygen atoms in total. The van der Waals surface area contributed by atoms with Gasteiger partial charge in [0.2, 0.25) is 5.91 Å². The molecule has 0 aromatic heterocycles. The van der Waals surface area contributed by atoms with Gasteiger partial charge >= 0.3 is 11.9 Å². The van der Waals surface area contributed by atoms with E-state index < -0.39 is 23.8 Å². The van der Waals surface area contributed by atoms with Gasteiger partial charge in [-0.1, -0.05) is 12.8 Å². The highest BCUT2D eigenvalue weighted by atomic mass is 16.5. The lowest BCUT2D eigenvalue weighted by atomic mass is 9.78. The van der Waals surface area contributed by atoms with Gasteiger partial charge in [-0.15, -0.1) is 0 Å². The number of hydrogen-bond acceptors (Lipinski definition) is 4. The Balaban J connectivity index is 2.68. The number of nitrogens with zero attached hydrogens (tertiary/aromatic N) is 1. The fourth-order valence-electron chi connectivity index (χ4n) is 2.34. The van der Waals surface area contributed by atoms with E-state index in [1.165, 1.54) is 19.1 Å². The molecule has 18 heavy (non-hydrogen) atoms. The number of esters is 1. The van der Waals surface area contributed by atoms with Gasteiger partial charge in [0.05, 0.1) is 18.9 Å². The van der Waals surface area contributed by atoms with Gasteiger partial charge in [0, 0.05) is 7.05 Å². The first-order chi connectivity index (χ1) is 8.47. The smallest absolute Gasteiger partial charge is 0.325 e. The second-order valence-electron chi connectivity index (χ2n) is 4.61. The molecule has 1 fully saturated rings. The van der Waals surface area contributed by atoms with Crippen LogP contribution < -0.4 is 0 Å². The first-order valence-corrected chi connectivity index (χ1v) is 6.02. The molecule has 102 valence electrons. The summed E-state index contributed by atoms with van der Waals surface area (Å²) in [5.41, 5.74) is 0. The van der Waals surface area contributed by atoms with Crippen molar-refractivity contribution in [2.24, 2.45) is 11.8 Å². The Morgan fingerprint density at radius 1 is 1.22 bits per heavy atom. The number of hydrogen-bond donors (Lipinski definition) is 1. The number of carbonyl (C=O) groups is 3. The SMILES string of the molecule is COC(=O)CN(C)C(=O)C1CCCCC1C(=O)O. The molecule has 0 heterocycles. The topological polar surface area (TPSA) is 83.9 Å². The molecule has 0 aliphatic heterocycles. The quantitative estimate of drug-likeness (QED) is 0.742. The molecule has 0 bridgehead atoms. The third-order valence-electron chi connectivity index (χ3n) is 3.37. The molecule has 1 aliphatic rings. The van der Waals surface area contributed by atoms with Crippen molar-refractivity contribution in [2.45, 2.75) is 25.7 Å². The number of likely N-dealkylation sites (N-methyl/N-ethyl adjacent to an activating group) is 1. The highest BCUT2D eigenvalue weighted by Gasteiger charge is 2.37. The Kier molecular flexibility index (Phi) is 5.12. The zero-order valence-corrected chi connectivity index (χ0v) is 10.7. The molecular weight excluding hydrogens is 238 g/mol. The zero-order chi connectivity index (χ0) is 13.7. The van der Waals surface area contributed by atoms with Crippen LogP contribution in [0.4, 0.5) is 0 Å². The third kappa shape index (κ3) is 3.45. The normalized spacial score (nSPS) is 23.2. The zero-order valence-electron chi connectivity index (χ0n) is 10.7. The Labute approximate surface area is 106 Å². The van der Waals surface area contributed by atoms with Gasteiger partial charge < -0.3 is 14.7 Å². The first-order valence-electron chi connectivity index (χ1n) is 6.02. The van der Waals surface area contributed by atoms with E-state index in [2.05, 4.69) is 4.74 Å². The van der Waals surface area contributed by atoms with E-state index in [1.807, 2.05) is 0 Å². The average Bonchev–Trinajstić information content (AvgIpc) is 2.37. The van der Waals surface area contributed by atoms with Crippen molar-refractivity contribution < 1.29 is 24.2 Å². The van der Waals surface area contributed by atoms with Crippen molar-refractivity contribution in [1.29, 1.82) is 0 Å². The van der Waals surface area contributed by atoms with Crippen molar-refractivity contribution in [3.8, 4) is 0 Å². The van der Waals surface area contributed by atoms with Crippen LogP contribution in [0.5, 0.6) is 0 Å². The highest BCUT2D eigenvalue weighted by Crippen LogP contribution is 2.31. The maximum atomic E-state index is 12.1. The van der Waals surface area contributed by atoms with Gasteiger partial charge in [0.1, 0.15) is 6.54 Å². The molecule has 0 saturated heterocycles. The monoisotopic (exact) mass is 257 g/mol. The predicted octanol–water partition coefficient (Wildman–Crippen LogP) is 0.509. The molecule has 2 atom stereocenters. The molecule has 1 saturated carbocycles. The number of methoxy groups -OCH3 is 1. The summed E-state index contributed by atoms with van der Waals surface area (Å²) < 4.78 is 4.48. The second kappa shape index (κ2) is 6.37. The number of amides is 1. The van der Waals surface area contributed by atoms with Crippen molar-refractivity contribution >= 4 is 17.8 Å². The van der Waals surface area contributed by atoms with Gasteiger partial charge in [0.15, 0.2) is 0 Å². The largest absolute Gasteiger partial charge is 0.481 e. The van der Waals surface area contributed by atoms with Crippen molar-refractivity contribution in [1.82, 2.24) is 4.90 Å². The van der Waals surface area contributed by atoms with Crippen LogP contribution in [0.1, 0.15) is 25.7 Å². The lowest BCUT2D eigenvalue weighted by Gasteiger charge is -2.30. The second-order valence-corrected chi connectivity index (χ2v) is 4.61. The summed E-state index contributed by atoms with van der Waals surface area (Å²) in [7, 11) is 2.74. The summed E-state index contributed by atoms with van der Waals surface area (Å²) in [6.07, 6.45) is 2.78. The molecular formula is C12H19NO5. The van der Waals surface area contributed by atoms with Crippen LogP contribution in [0, 0.1) is 11.8 Å². The molecule has 0 spiro atoms. The van der Waals surface area contributed by atoms with Crippen LogP contribution in [0.25, 0.3) is 0 Å². The number of carbonyl (C=O) groups excluding carboxylic acids is 2. The van der Waals surface area contributed by atoms with E-state index in [0.29, 0.717) is 12.8 Å². The summed E-state index contributed by atoms with van der Waals surface area (Å²) >= 11 is 0. The lowest BCUT2D eigenvalue weighted by Crippen LogP contribution is -2.42. The fourth-order valence-corrected chi connectivity index (χ4v) is 2.34. The van der Waals surface area contributed by atoms with E-state index in [9.17, 15) is 14.4 Å². The van der Waals surface area contributed by atoms with Gasteiger partial charge in [-0.25, -0.2) is 0 Å². The molecule has 1 rings (SSSR count). The molecule has 2 unspecified atom stereocenters. The van der Waals surface area contributed by atoms with Crippen molar-refractivity contribution in [3.63, 3.8) is 0 Å². The number of carboxylic acid groups (broad SMARTS) is 1. The minimum absolute atomic E-state index is 0.141. The summed E-state index contributed by atoms with van der Waals surface area (Å²) in [4.78, 5) is 35.6. The summed E-state index contributed by atoms with van der Waals surface area (Å²) in [5.74, 6) is -2.88. The molecule has 0 aromatic rings. The van der Waals surface area contributed by atoms with Gasteiger partial charge in [-0.3, -0.25) is 14.4 Å². The van der Waals surface area contributed by atoms with Crippen LogP contribution in [0.2, 0.25) is 0 Å². The summed E-state index contributed by atoms with van der Waals surface area (Å²) in [6.45, 7) is -0.141. The Morgan fingerprint density at radius 2 is 1.78 bits per heavy atom. The summed E-state index contributed by atoms with van der Waals surface area (Å²) in [6, 6.07) is 0. The van der Waals surface area contributed by atoms with E-state index >= 15 is 0 Å². The molecule has 1 aliphatic carbocycles. The molecule has 0 radical (unpaired) electrons. The van der Waals surface area contributed by atoms with Crippen molar-refractivity contribution in [2.75, 3.05) is 20.7 Å². The van der Waals surface area contributed by atoms with Crippen LogP contribution in [0.15, 0.2) is 0 Å². The summed E-state index contributed by atoms with van der Waals surface area (Å²) in [5, 5.41) is 9.11. The number of carboxylic acids is 1. The Morgan fingerprint density at radius 3 is 2.28 bits per heavy atom. The fraction of sp³-hybridized carbons (Fsp3) is 0.750. The first kappa shape index (κ1) is 14.5. The van der Waals surface area contributed by atoms with Gasteiger partial charge in [-0.2, -0.15) is 0 Å². The Bertz CT molecular complexity index is 341. The number of aliphatic carboxylic acids is 1. The van der Waals surface area contributed by atoms with Gasteiger partial charge in [0.25, 0.3) is 0 Å². The minimum atomic E-state index is -0.931. The number of ether oxygens (including phenoxy) is 1. The van der Waals surface area contributed by atoms with E-state index in [-0.39, 0.29) is 12.5 Å². The van der Waals surface area contributed by atoms with Crippen LogP contribution in [0.3, 0.4) is 0 Å². The number of rotatable bonds is 4. The third-order valence-corrected chi connectivity index (χ3v) is 3.37. The van der Waals surface area contributed by atoms with Crippen LogP contribution in [-0.2, 0) is 19.1 Å². The van der Waals surface area contributed by atoms with E-state index in [1.54, 1.807) is 0 Å².